The first-order valence-electron chi connectivity index (χ1n) is 14.6. The predicted octanol–water partition coefficient (Wildman–Crippen LogP) is 6.46. The maximum Gasteiger partial charge on any atom is 0.220 e. The second kappa shape index (κ2) is 18.5. The lowest BCUT2D eigenvalue weighted by Gasteiger charge is -2.27. The molecule has 0 fully saturated rings. The molecule has 2 atom stereocenters. The zero-order valence-corrected chi connectivity index (χ0v) is 23.2. The van der Waals surface area contributed by atoms with E-state index in [-0.39, 0.29) is 11.9 Å². The van der Waals surface area contributed by atoms with Crippen LogP contribution in [-0.2, 0) is 4.79 Å². The van der Waals surface area contributed by atoms with Crippen LogP contribution in [-0.4, -0.2) is 42.9 Å². The van der Waals surface area contributed by atoms with E-state index in [0.717, 1.165) is 18.4 Å². The molecule has 1 amide bonds. The summed E-state index contributed by atoms with van der Waals surface area (Å²) in [5.41, 5.74) is 0.719. The van der Waals surface area contributed by atoms with Crippen molar-refractivity contribution in [3.63, 3.8) is 0 Å². The van der Waals surface area contributed by atoms with Gasteiger partial charge in [0, 0.05) is 19.0 Å². The molecule has 0 spiro atoms. The summed E-state index contributed by atoms with van der Waals surface area (Å²) < 4.78 is 11.3. The van der Waals surface area contributed by atoms with Crippen LogP contribution in [0, 0.1) is 0 Å². The fourth-order valence-electron chi connectivity index (χ4n) is 4.66. The number of amides is 1. The molecule has 1 aliphatic heterocycles. The highest BCUT2D eigenvalue weighted by Crippen LogP contribution is 2.33. The van der Waals surface area contributed by atoms with Crippen LogP contribution in [0.5, 0.6) is 11.5 Å². The van der Waals surface area contributed by atoms with Crippen LogP contribution < -0.4 is 20.1 Å². The SMILES string of the molecule is CCCCCCCCCCCCCCCC(=O)N[C@H](CNC(C)C)C(O)c1ccc2c(c1)OCCO2. The number of carbonyl (C=O) groups excluding carboxylic acids is 1. The summed E-state index contributed by atoms with van der Waals surface area (Å²) in [7, 11) is 0. The molecule has 1 heterocycles. The highest BCUT2D eigenvalue weighted by molar-refractivity contribution is 5.76. The van der Waals surface area contributed by atoms with Crippen molar-refractivity contribution in [1.29, 1.82) is 0 Å². The van der Waals surface area contributed by atoms with Gasteiger partial charge in [-0.2, -0.15) is 0 Å². The molecule has 1 aliphatic rings. The van der Waals surface area contributed by atoms with Crippen molar-refractivity contribution in [3.05, 3.63) is 23.8 Å². The molecule has 2 rings (SSSR count). The Hall–Kier alpha value is -1.79. The Morgan fingerprint density at radius 1 is 0.861 bits per heavy atom. The second-order valence-electron chi connectivity index (χ2n) is 10.6. The highest BCUT2D eigenvalue weighted by atomic mass is 16.6. The minimum atomic E-state index is -0.831. The smallest absolute Gasteiger partial charge is 0.220 e. The van der Waals surface area contributed by atoms with E-state index in [1.54, 1.807) is 0 Å². The van der Waals surface area contributed by atoms with Crippen molar-refractivity contribution in [2.75, 3.05) is 19.8 Å². The van der Waals surface area contributed by atoms with Gasteiger partial charge in [0.05, 0.1) is 6.04 Å². The van der Waals surface area contributed by atoms with Crippen LogP contribution in [0.25, 0.3) is 0 Å². The highest BCUT2D eigenvalue weighted by Gasteiger charge is 2.25. The number of hydrogen-bond acceptors (Lipinski definition) is 5. The zero-order chi connectivity index (χ0) is 26.0. The fourth-order valence-corrected chi connectivity index (χ4v) is 4.66. The van der Waals surface area contributed by atoms with Crippen molar-refractivity contribution < 1.29 is 19.4 Å². The summed E-state index contributed by atoms with van der Waals surface area (Å²) in [5, 5.41) is 17.5. The number of fused-ring (bicyclic) bond motifs is 1. The average molecular weight is 505 g/mol. The monoisotopic (exact) mass is 504 g/mol. The van der Waals surface area contributed by atoms with Gasteiger partial charge in [-0.05, 0) is 24.1 Å². The van der Waals surface area contributed by atoms with Crippen LogP contribution in [0.3, 0.4) is 0 Å². The Labute approximate surface area is 219 Å². The third-order valence-corrected chi connectivity index (χ3v) is 6.89. The van der Waals surface area contributed by atoms with E-state index < -0.39 is 12.1 Å². The molecular weight excluding hydrogens is 452 g/mol. The van der Waals surface area contributed by atoms with Crippen LogP contribution in [0.2, 0.25) is 0 Å². The van der Waals surface area contributed by atoms with E-state index in [4.69, 9.17) is 9.47 Å². The van der Waals surface area contributed by atoms with E-state index in [2.05, 4.69) is 31.4 Å². The van der Waals surface area contributed by atoms with Crippen LogP contribution in [0.15, 0.2) is 18.2 Å². The van der Waals surface area contributed by atoms with Gasteiger partial charge in [-0.15, -0.1) is 0 Å². The van der Waals surface area contributed by atoms with Crippen molar-refractivity contribution in [2.45, 2.75) is 129 Å². The molecule has 3 N–H and O–H groups in total. The number of benzene rings is 1. The topological polar surface area (TPSA) is 79.8 Å². The predicted molar refractivity (Wildman–Crippen MR) is 148 cm³/mol. The van der Waals surface area contributed by atoms with Gasteiger partial charge >= 0.3 is 0 Å². The molecule has 36 heavy (non-hydrogen) atoms. The Bertz CT molecular complexity index is 725. The molecule has 1 unspecified atom stereocenters. The van der Waals surface area contributed by atoms with Gasteiger partial charge in [0.25, 0.3) is 0 Å². The molecular formula is C30H52N2O4. The number of ether oxygens (including phenoxy) is 2. The molecule has 0 radical (unpaired) electrons. The number of carbonyl (C=O) groups is 1. The quantitative estimate of drug-likeness (QED) is 0.178. The lowest BCUT2D eigenvalue weighted by atomic mass is 10.0. The molecule has 6 nitrogen and oxygen atoms in total. The molecule has 1 aromatic carbocycles. The van der Waals surface area contributed by atoms with E-state index in [9.17, 15) is 9.90 Å². The third kappa shape index (κ3) is 12.4. The summed E-state index contributed by atoms with van der Waals surface area (Å²) in [6.07, 6.45) is 16.4. The molecule has 206 valence electrons. The summed E-state index contributed by atoms with van der Waals surface area (Å²) >= 11 is 0. The van der Waals surface area contributed by atoms with Crippen molar-refractivity contribution in [3.8, 4) is 11.5 Å². The number of unbranched alkanes of at least 4 members (excludes halogenated alkanes) is 12. The molecule has 0 aromatic heterocycles. The van der Waals surface area contributed by atoms with Crippen LogP contribution in [0.1, 0.15) is 122 Å². The summed E-state index contributed by atoms with van der Waals surface area (Å²) in [6, 6.07) is 5.34. The van der Waals surface area contributed by atoms with Gasteiger partial charge in [-0.25, -0.2) is 0 Å². The van der Waals surface area contributed by atoms with Gasteiger partial charge in [-0.3, -0.25) is 4.79 Å². The first kappa shape index (κ1) is 30.4. The molecule has 6 heteroatoms. The molecule has 0 saturated heterocycles. The average Bonchev–Trinajstić information content (AvgIpc) is 2.88. The van der Waals surface area contributed by atoms with Gasteiger partial charge in [-0.1, -0.05) is 104 Å². The van der Waals surface area contributed by atoms with Gasteiger partial charge in [0.15, 0.2) is 11.5 Å². The van der Waals surface area contributed by atoms with Gasteiger partial charge in [0.1, 0.15) is 19.3 Å². The van der Waals surface area contributed by atoms with E-state index in [1.165, 1.54) is 70.6 Å². The summed E-state index contributed by atoms with van der Waals surface area (Å²) in [5.74, 6) is 1.34. The standard InChI is InChI=1S/C30H52N2O4/c1-4-5-6-7-8-9-10-11-12-13-14-15-16-17-29(33)32-26(23-31-24(2)3)30(34)25-18-19-27-28(22-25)36-21-20-35-27/h18-19,22,24,26,30-31,34H,4-17,20-21,23H2,1-3H3,(H,32,33)/t26-,30?/m1/s1. The Morgan fingerprint density at radius 3 is 2.00 bits per heavy atom. The normalized spacial score (nSPS) is 14.6. The largest absolute Gasteiger partial charge is 0.486 e. The number of rotatable bonds is 20. The third-order valence-electron chi connectivity index (χ3n) is 6.89. The lowest BCUT2D eigenvalue weighted by Crippen LogP contribution is -2.47. The van der Waals surface area contributed by atoms with Gasteiger partial charge in [0.2, 0.25) is 5.91 Å². The molecule has 0 saturated carbocycles. The second-order valence-corrected chi connectivity index (χ2v) is 10.6. The maximum absolute atomic E-state index is 12.7. The van der Waals surface area contributed by atoms with E-state index in [1.807, 2.05) is 18.2 Å². The van der Waals surface area contributed by atoms with E-state index in [0.29, 0.717) is 37.7 Å². The van der Waals surface area contributed by atoms with Crippen LogP contribution in [0.4, 0.5) is 0 Å². The van der Waals surface area contributed by atoms with Crippen molar-refractivity contribution in [2.24, 2.45) is 0 Å². The minimum absolute atomic E-state index is 0.00484. The number of aliphatic hydroxyl groups excluding tert-OH is 1. The molecule has 0 aliphatic carbocycles. The van der Waals surface area contributed by atoms with Crippen LogP contribution >= 0.6 is 0 Å². The zero-order valence-electron chi connectivity index (χ0n) is 23.2. The minimum Gasteiger partial charge on any atom is -0.486 e. The lowest BCUT2D eigenvalue weighted by molar-refractivity contribution is -0.122. The Morgan fingerprint density at radius 2 is 1.42 bits per heavy atom. The first-order chi connectivity index (χ1) is 17.5. The number of aliphatic hydroxyl groups is 1. The van der Waals surface area contributed by atoms with Gasteiger partial charge < -0.3 is 25.2 Å². The first-order valence-corrected chi connectivity index (χ1v) is 14.6. The fraction of sp³-hybridized carbons (Fsp3) is 0.767. The summed E-state index contributed by atoms with van der Waals surface area (Å²) in [4.78, 5) is 12.7. The van der Waals surface area contributed by atoms with E-state index >= 15 is 0 Å². The summed E-state index contributed by atoms with van der Waals surface area (Å²) in [6.45, 7) is 7.91. The Kier molecular flexibility index (Phi) is 15.6. The Balaban J connectivity index is 1.65. The van der Waals surface area contributed by atoms with Crippen molar-refractivity contribution in [1.82, 2.24) is 10.6 Å². The number of nitrogens with one attached hydrogen (secondary N) is 2. The number of hydrogen-bond donors (Lipinski definition) is 3. The maximum atomic E-state index is 12.7. The molecule has 1 aromatic rings. The van der Waals surface area contributed by atoms with Crippen molar-refractivity contribution >= 4 is 5.91 Å². The molecule has 0 bridgehead atoms.